The number of ether oxygens (including phenoxy) is 18. The van der Waals surface area contributed by atoms with E-state index in [9.17, 15) is 47.9 Å². The van der Waals surface area contributed by atoms with Gasteiger partial charge in [-0.2, -0.15) is 0 Å². The number of hydrogen-bond acceptors (Lipinski definition) is 28. The van der Waals surface area contributed by atoms with Crippen LogP contribution in [0.2, 0.25) is 0 Å². The van der Waals surface area contributed by atoms with Crippen molar-refractivity contribution in [1.29, 1.82) is 0 Å². The summed E-state index contributed by atoms with van der Waals surface area (Å²) in [4.78, 5) is 130. The maximum absolute atomic E-state index is 13.5. The van der Waals surface area contributed by atoms with Gasteiger partial charge in [-0.05, 0) is 60.2 Å². The van der Waals surface area contributed by atoms with Gasteiger partial charge in [-0.1, -0.05) is 185 Å². The number of esters is 10. The van der Waals surface area contributed by atoms with Crippen molar-refractivity contribution in [2.45, 2.75) is 365 Å². The maximum atomic E-state index is 13.5. The van der Waals surface area contributed by atoms with Crippen LogP contribution in [-0.2, 0) is 133 Å². The van der Waals surface area contributed by atoms with E-state index >= 15 is 0 Å². The first-order valence-corrected chi connectivity index (χ1v) is 40.1. The van der Waals surface area contributed by atoms with Gasteiger partial charge in [-0.25, -0.2) is 0 Å². The summed E-state index contributed by atoms with van der Waals surface area (Å²) in [6.07, 6.45) is -4.32. The normalized spacial score (nSPS) is 26.1. The highest BCUT2D eigenvalue weighted by Crippen LogP contribution is 2.39. The molecule has 0 N–H and O–H groups in total. The van der Waals surface area contributed by atoms with E-state index in [-0.39, 0.29) is 13.2 Å². The van der Waals surface area contributed by atoms with E-state index in [1.54, 1.807) is 0 Å². The number of rotatable bonds is 53. The number of carbonyl (C=O) groups excluding carboxylic acids is 10. The van der Waals surface area contributed by atoms with Gasteiger partial charge in [0.05, 0.1) is 13.2 Å². The Kier molecular flexibility index (Phi) is 47.1. The van der Waals surface area contributed by atoms with Crippen LogP contribution >= 0.6 is 0 Å². The fourth-order valence-electron chi connectivity index (χ4n) is 14.0. The molecule has 3 aliphatic rings. The second-order valence-electron chi connectivity index (χ2n) is 31.7. The highest BCUT2D eigenvalue weighted by Gasteiger charge is 2.60. The second kappa shape index (κ2) is 52.6. The topological polar surface area (TPSA) is 337 Å². The minimum Gasteiger partial charge on any atom is -0.463 e. The summed E-state index contributed by atoms with van der Waals surface area (Å²) in [5.41, 5.74) is 0. The van der Waals surface area contributed by atoms with Crippen LogP contribution in [0.4, 0.5) is 0 Å². The van der Waals surface area contributed by atoms with Gasteiger partial charge < -0.3 is 85.3 Å². The molecule has 3 aliphatic heterocycles. The molecule has 28 nitrogen and oxygen atoms in total. The van der Waals surface area contributed by atoms with Gasteiger partial charge in [0.15, 0.2) is 61.6 Å². The van der Waals surface area contributed by atoms with Crippen LogP contribution in [-0.4, -0.2) is 204 Å². The lowest BCUT2D eigenvalue weighted by Gasteiger charge is -2.50. The third-order valence-corrected chi connectivity index (χ3v) is 19.8. The Morgan fingerprint density at radius 2 is 0.532 bits per heavy atom. The van der Waals surface area contributed by atoms with Crippen molar-refractivity contribution < 1.29 is 133 Å². The molecule has 0 aromatic heterocycles. The highest BCUT2D eigenvalue weighted by atomic mass is 16.8. The number of hydrogen-bond donors (Lipinski definition) is 0. The summed E-state index contributed by atoms with van der Waals surface area (Å²) in [6, 6.07) is 0. The maximum Gasteiger partial charge on any atom is 0.303 e. The van der Waals surface area contributed by atoms with Crippen LogP contribution < -0.4 is 0 Å². The fourth-order valence-corrected chi connectivity index (χ4v) is 14.0. The molecule has 0 amide bonds. The summed E-state index contributed by atoms with van der Waals surface area (Å²) < 4.78 is 109. The smallest absolute Gasteiger partial charge is 0.303 e. The highest BCUT2D eigenvalue weighted by molar-refractivity contribution is 5.70. The van der Waals surface area contributed by atoms with Crippen LogP contribution in [0.15, 0.2) is 0 Å². The van der Waals surface area contributed by atoms with E-state index in [2.05, 4.69) is 69.2 Å². The Morgan fingerprint density at radius 3 is 0.844 bits per heavy atom. The molecule has 0 spiro atoms. The van der Waals surface area contributed by atoms with Crippen molar-refractivity contribution in [3.05, 3.63) is 0 Å². The van der Waals surface area contributed by atoms with Crippen LogP contribution in [0, 0.1) is 47.3 Å². The molecule has 7 unspecified atom stereocenters. The summed E-state index contributed by atoms with van der Waals surface area (Å²) >= 11 is 0. The molecule has 22 atom stereocenters. The van der Waals surface area contributed by atoms with Gasteiger partial charge in [0.1, 0.15) is 56.4 Å². The third-order valence-electron chi connectivity index (χ3n) is 19.8. The summed E-state index contributed by atoms with van der Waals surface area (Å²) in [7, 11) is 0. The molecule has 28 heteroatoms. The Balaban J connectivity index is 2.06. The van der Waals surface area contributed by atoms with Gasteiger partial charge in [-0.15, -0.1) is 0 Å². The van der Waals surface area contributed by atoms with Crippen LogP contribution in [0.5, 0.6) is 0 Å². The van der Waals surface area contributed by atoms with Gasteiger partial charge >= 0.3 is 59.7 Å². The zero-order chi connectivity index (χ0) is 81.4. The van der Waals surface area contributed by atoms with Crippen LogP contribution in [0.3, 0.4) is 0 Å². The lowest BCUT2D eigenvalue weighted by atomic mass is 9.91. The molecule has 0 saturated carbocycles. The van der Waals surface area contributed by atoms with E-state index in [0.717, 1.165) is 138 Å². The average Bonchev–Trinajstić information content (AvgIpc) is 0.762. The molecule has 3 rings (SSSR count). The van der Waals surface area contributed by atoms with Gasteiger partial charge in [0.25, 0.3) is 0 Å². The SMILES string of the molecule is CC(=O)OC[C@H]1O[C@H](O[C@H]2[C@H](OC(C)=O)[C@@H](OC(C)=O)[C@@H](O[C@H]3[C@H](OC(C)=O)[C@@H](OC(C)=O)[C@H](OCC(COCCC(C)CCCC(C)CCCC(C)CCCC(C)C)OCCC(C)CCCC(C)CCCC(C)CCCC(C)C)O[C@@H]3COC(C)=O)O[C@@H]2COC(C)=O)[C@H](OC(C)=O)[C@@H](OC(C)=O)[C@@H]1OC(C)=O. The fraction of sp³-hybridized carbons (Fsp3) is 0.877. The minimum atomic E-state index is -2.05. The molecule has 0 aliphatic carbocycles. The summed E-state index contributed by atoms with van der Waals surface area (Å²) in [5, 5.41) is 0. The molecular formula is C81H138O28. The molecular weight excluding hydrogens is 1420 g/mol. The molecule has 0 bridgehead atoms. The lowest BCUT2D eigenvalue weighted by molar-refractivity contribution is -0.380. The number of carbonyl (C=O) groups is 10. The van der Waals surface area contributed by atoms with Crippen LogP contribution in [0.1, 0.15) is 267 Å². The molecule has 0 aromatic carbocycles. The standard InChI is InChI=1S/C81H138O28/c1-48(2)27-21-29-50(5)31-23-33-52(7)35-25-37-54(9)39-41-92-43-66(93-42-40-55(10)38-26-36-53(8)34-24-32-51(6)30-22-28-49(3)4)44-97-79-76(102-63(18)89)74(100-61(16)87)71(68(105-79)46-95-57(12)83)108-81-78(104-65(20)91)75(101-62(17)88)72(69(107-81)47-96-58(13)84)109-80-77(103-64(19)90)73(99-60(15)86)70(98-59(14)85)67(106-80)45-94-56(11)82/h48-55,66-81H,21-47H2,1-20H3/t50?,51?,52?,53?,54?,55?,66?,67-,68-,69-,70-,71-,72-,73+,74+,75+,76-,77-,78-,79-,80-,81-/m1/s1. The Labute approximate surface area is 649 Å². The average molecular weight is 1560 g/mol. The van der Waals surface area contributed by atoms with Crippen molar-refractivity contribution in [3.63, 3.8) is 0 Å². The van der Waals surface area contributed by atoms with Crippen molar-refractivity contribution in [2.75, 3.05) is 46.2 Å². The van der Waals surface area contributed by atoms with E-state index in [1.807, 2.05) is 0 Å². The molecule has 3 heterocycles. The van der Waals surface area contributed by atoms with Crippen molar-refractivity contribution in [3.8, 4) is 0 Å². The molecule has 109 heavy (non-hydrogen) atoms. The van der Waals surface area contributed by atoms with E-state index in [1.165, 1.54) is 83.5 Å². The van der Waals surface area contributed by atoms with Crippen LogP contribution in [0.25, 0.3) is 0 Å². The lowest BCUT2D eigenvalue weighted by Crippen LogP contribution is -2.69. The molecule has 3 saturated heterocycles. The molecule has 3 fully saturated rings. The largest absolute Gasteiger partial charge is 0.463 e. The second-order valence-corrected chi connectivity index (χ2v) is 31.7. The quantitative estimate of drug-likeness (QED) is 0.0310. The Bertz CT molecular complexity index is 2690. The molecule has 630 valence electrons. The van der Waals surface area contributed by atoms with Crippen molar-refractivity contribution in [1.82, 2.24) is 0 Å². The first-order chi connectivity index (χ1) is 51.4. The van der Waals surface area contributed by atoms with Crippen molar-refractivity contribution in [2.24, 2.45) is 47.3 Å². The summed E-state index contributed by atoms with van der Waals surface area (Å²) in [5.74, 6) is -4.39. The predicted octanol–water partition coefficient (Wildman–Crippen LogP) is 12.5. The third kappa shape index (κ3) is 40.6. The zero-order valence-corrected chi connectivity index (χ0v) is 69.4. The van der Waals surface area contributed by atoms with Gasteiger partial charge in [0, 0.05) is 82.5 Å². The Hall–Kier alpha value is -5.62. The predicted molar refractivity (Wildman–Crippen MR) is 398 cm³/mol. The minimum absolute atomic E-state index is 0.0931. The molecule has 0 radical (unpaired) electrons. The zero-order valence-electron chi connectivity index (χ0n) is 69.4. The van der Waals surface area contributed by atoms with E-state index in [4.69, 9.17) is 85.3 Å². The van der Waals surface area contributed by atoms with E-state index < -0.39 is 178 Å². The first kappa shape index (κ1) is 97.6. The Morgan fingerprint density at radius 1 is 0.275 bits per heavy atom. The van der Waals surface area contributed by atoms with Gasteiger partial charge in [-0.3, -0.25) is 47.9 Å². The first-order valence-electron chi connectivity index (χ1n) is 40.1. The monoisotopic (exact) mass is 1560 g/mol. The summed E-state index contributed by atoms with van der Waals surface area (Å²) in [6.45, 7) is 31.9. The van der Waals surface area contributed by atoms with Crippen molar-refractivity contribution >= 4 is 59.7 Å². The van der Waals surface area contributed by atoms with E-state index in [0.29, 0.717) is 36.9 Å². The van der Waals surface area contributed by atoms with Gasteiger partial charge in [0.2, 0.25) is 0 Å². The molecule has 0 aromatic rings.